The van der Waals surface area contributed by atoms with Crippen LogP contribution in [0.1, 0.15) is 79.6 Å². The molecule has 2 aliphatic heterocycles. The highest BCUT2D eigenvalue weighted by molar-refractivity contribution is 5.73. The second kappa shape index (κ2) is 5.09. The molecule has 2 saturated heterocycles. The molecule has 0 radical (unpaired) electrons. The fourth-order valence-electron chi connectivity index (χ4n) is 5.36. The summed E-state index contributed by atoms with van der Waals surface area (Å²) in [6.07, 6.45) is 6.01. The van der Waals surface area contributed by atoms with Crippen LogP contribution in [0, 0.1) is 0 Å². The van der Waals surface area contributed by atoms with Crippen LogP contribution < -0.4 is 5.32 Å². The van der Waals surface area contributed by atoms with Crippen LogP contribution in [0.3, 0.4) is 0 Å². The van der Waals surface area contributed by atoms with E-state index in [1.807, 2.05) is 0 Å². The third-order valence-corrected chi connectivity index (χ3v) is 6.01. The molecule has 3 aliphatic rings. The first-order valence-electron chi connectivity index (χ1n) is 9.02. The van der Waals surface area contributed by atoms with Gasteiger partial charge >= 0.3 is 6.09 Å². The number of aliphatic hydroxyl groups is 1. The molecule has 0 aromatic carbocycles. The molecule has 5 heteroatoms. The van der Waals surface area contributed by atoms with Gasteiger partial charge in [-0.3, -0.25) is 4.90 Å². The van der Waals surface area contributed by atoms with Crippen LogP contribution in [0.15, 0.2) is 0 Å². The number of hydrogen-bond acceptors (Lipinski definition) is 4. The average molecular weight is 324 g/mol. The number of piperidine rings is 1. The third kappa shape index (κ3) is 2.76. The summed E-state index contributed by atoms with van der Waals surface area (Å²) >= 11 is 0. The molecular weight excluding hydrogens is 292 g/mol. The van der Waals surface area contributed by atoms with Gasteiger partial charge in [0.05, 0.1) is 0 Å². The molecule has 1 atom stereocenters. The summed E-state index contributed by atoms with van der Waals surface area (Å²) in [5.41, 5.74) is -2.10. The average Bonchev–Trinajstić information content (AvgIpc) is 2.53. The van der Waals surface area contributed by atoms with Gasteiger partial charge in [-0.15, -0.1) is 0 Å². The zero-order valence-electron chi connectivity index (χ0n) is 15.2. The van der Waals surface area contributed by atoms with E-state index in [1.54, 1.807) is 11.8 Å². The molecule has 1 aliphatic carbocycles. The molecule has 23 heavy (non-hydrogen) atoms. The second-order valence-electron chi connectivity index (χ2n) is 9.27. The van der Waals surface area contributed by atoms with Crippen LogP contribution in [-0.2, 0) is 4.74 Å². The molecule has 132 valence electrons. The van der Waals surface area contributed by atoms with E-state index in [0.717, 1.165) is 44.9 Å². The molecular formula is C18H32N2O3. The Morgan fingerprint density at radius 2 is 1.57 bits per heavy atom. The van der Waals surface area contributed by atoms with Gasteiger partial charge in [0, 0.05) is 17.1 Å². The zero-order chi connectivity index (χ0) is 17.1. The predicted octanol–water partition coefficient (Wildman–Crippen LogP) is 3.16. The summed E-state index contributed by atoms with van der Waals surface area (Å²) in [6.45, 7) is 10.4. The van der Waals surface area contributed by atoms with Crippen LogP contribution in [-0.4, -0.2) is 44.5 Å². The van der Waals surface area contributed by atoms with Crippen molar-refractivity contribution in [2.75, 3.05) is 0 Å². The molecule has 0 bridgehead atoms. The van der Waals surface area contributed by atoms with Crippen LogP contribution in [0.5, 0.6) is 0 Å². The summed E-state index contributed by atoms with van der Waals surface area (Å²) in [6, 6.07) is -0.00921. The van der Waals surface area contributed by atoms with Gasteiger partial charge in [0.2, 0.25) is 0 Å². The number of hydrogen-bond donors (Lipinski definition) is 2. The van der Waals surface area contributed by atoms with E-state index in [4.69, 9.17) is 4.74 Å². The molecule has 0 aromatic rings. The predicted molar refractivity (Wildman–Crippen MR) is 89.1 cm³/mol. The van der Waals surface area contributed by atoms with E-state index in [1.165, 1.54) is 0 Å². The summed E-state index contributed by atoms with van der Waals surface area (Å²) < 4.78 is 5.82. The third-order valence-electron chi connectivity index (χ3n) is 6.01. The van der Waals surface area contributed by atoms with Gasteiger partial charge in [0.1, 0.15) is 0 Å². The lowest BCUT2D eigenvalue weighted by molar-refractivity contribution is -0.171. The van der Waals surface area contributed by atoms with E-state index >= 15 is 0 Å². The van der Waals surface area contributed by atoms with Gasteiger partial charge in [-0.1, -0.05) is 6.42 Å². The maximum atomic E-state index is 12.7. The van der Waals surface area contributed by atoms with Gasteiger partial charge in [0.25, 0.3) is 0 Å². The minimum absolute atomic E-state index is 0.00921. The Bertz CT molecular complexity index is 476. The number of rotatable bonds is 1. The Kier molecular flexibility index (Phi) is 3.77. The number of carbonyl (C=O) groups excluding carboxylic acids is 1. The highest BCUT2D eigenvalue weighted by Gasteiger charge is 2.64. The Morgan fingerprint density at radius 3 is 2.09 bits per heavy atom. The number of amides is 1. The Hall–Kier alpha value is -0.810. The van der Waals surface area contributed by atoms with Gasteiger partial charge in [-0.25, -0.2) is 4.79 Å². The van der Waals surface area contributed by atoms with Crippen LogP contribution in [0.4, 0.5) is 4.79 Å². The minimum Gasteiger partial charge on any atom is -0.438 e. The molecule has 0 aromatic heterocycles. The lowest BCUT2D eigenvalue weighted by Gasteiger charge is -2.51. The maximum Gasteiger partial charge on any atom is 0.413 e. The summed E-state index contributed by atoms with van der Waals surface area (Å²) in [5, 5.41) is 15.0. The monoisotopic (exact) mass is 324 g/mol. The maximum absolute atomic E-state index is 12.7. The first kappa shape index (κ1) is 17.0. The van der Waals surface area contributed by atoms with E-state index in [0.29, 0.717) is 0 Å². The van der Waals surface area contributed by atoms with Crippen molar-refractivity contribution in [1.29, 1.82) is 0 Å². The van der Waals surface area contributed by atoms with Crippen molar-refractivity contribution in [2.45, 2.75) is 108 Å². The molecule has 3 fully saturated rings. The molecule has 1 saturated carbocycles. The minimum atomic E-state index is -1.22. The fraction of sp³-hybridized carbons (Fsp3) is 0.944. The van der Waals surface area contributed by atoms with E-state index < -0.39 is 11.3 Å². The Labute approximate surface area is 139 Å². The number of ether oxygens (including phenoxy) is 1. The van der Waals surface area contributed by atoms with Crippen LogP contribution in [0.2, 0.25) is 0 Å². The molecule has 2 N–H and O–H groups in total. The summed E-state index contributed by atoms with van der Waals surface area (Å²) in [5.74, 6) is 0. The molecule has 2 heterocycles. The van der Waals surface area contributed by atoms with Crippen molar-refractivity contribution in [3.8, 4) is 0 Å². The van der Waals surface area contributed by atoms with Gasteiger partial charge in [0.15, 0.2) is 11.3 Å². The van der Waals surface area contributed by atoms with Crippen molar-refractivity contribution in [2.24, 2.45) is 0 Å². The topological polar surface area (TPSA) is 61.8 Å². The first-order valence-corrected chi connectivity index (χ1v) is 9.02. The Balaban J connectivity index is 1.91. The van der Waals surface area contributed by atoms with E-state index in [2.05, 4.69) is 33.0 Å². The van der Waals surface area contributed by atoms with Crippen LogP contribution >= 0.6 is 0 Å². The molecule has 0 unspecified atom stereocenters. The van der Waals surface area contributed by atoms with Crippen molar-refractivity contribution in [1.82, 2.24) is 10.2 Å². The van der Waals surface area contributed by atoms with Crippen molar-refractivity contribution >= 4 is 6.09 Å². The smallest absolute Gasteiger partial charge is 0.413 e. The highest BCUT2D eigenvalue weighted by atomic mass is 16.6. The standard InChI is InChI=1S/C18H32N2O3/c1-15(2)11-13(12-16(3,4)19-15)20-14(21)23-18(17(20,5)22)9-7-6-8-10-18/h13,19,22H,6-12H2,1-5H3/t17-/m0/s1. The Morgan fingerprint density at radius 1 is 1.04 bits per heavy atom. The lowest BCUT2D eigenvalue weighted by atomic mass is 9.75. The van der Waals surface area contributed by atoms with Crippen LogP contribution in [0.25, 0.3) is 0 Å². The summed E-state index contributed by atoms with van der Waals surface area (Å²) in [4.78, 5) is 14.4. The van der Waals surface area contributed by atoms with Crippen molar-refractivity contribution < 1.29 is 14.6 Å². The number of nitrogens with zero attached hydrogens (tertiary/aromatic N) is 1. The first-order chi connectivity index (χ1) is 10.5. The van der Waals surface area contributed by atoms with Gasteiger partial charge in [-0.2, -0.15) is 0 Å². The molecule has 5 nitrogen and oxygen atoms in total. The van der Waals surface area contributed by atoms with Gasteiger partial charge < -0.3 is 15.2 Å². The van der Waals surface area contributed by atoms with Crippen molar-refractivity contribution in [3.05, 3.63) is 0 Å². The zero-order valence-corrected chi connectivity index (χ0v) is 15.2. The van der Waals surface area contributed by atoms with Gasteiger partial charge in [-0.05, 0) is 73.1 Å². The van der Waals surface area contributed by atoms with Crippen molar-refractivity contribution in [3.63, 3.8) is 0 Å². The fourth-order valence-corrected chi connectivity index (χ4v) is 5.36. The summed E-state index contributed by atoms with van der Waals surface area (Å²) in [7, 11) is 0. The van der Waals surface area contributed by atoms with E-state index in [9.17, 15) is 9.90 Å². The molecule has 1 amide bonds. The second-order valence-corrected chi connectivity index (χ2v) is 9.27. The highest BCUT2D eigenvalue weighted by Crippen LogP contribution is 2.49. The number of nitrogens with one attached hydrogen (secondary N) is 1. The number of carbonyl (C=O) groups is 1. The SMILES string of the molecule is CC1(C)CC(N2C(=O)OC3(CCCCC3)[C@]2(C)O)CC(C)(C)N1. The molecule has 3 rings (SSSR count). The largest absolute Gasteiger partial charge is 0.438 e. The lowest BCUT2D eigenvalue weighted by Crippen LogP contribution is -2.66. The van der Waals surface area contributed by atoms with E-state index in [-0.39, 0.29) is 23.2 Å². The molecule has 1 spiro atoms. The quantitative estimate of drug-likeness (QED) is 0.778. The normalized spacial score (nSPS) is 36.3.